The summed E-state index contributed by atoms with van der Waals surface area (Å²) in [6.45, 7) is 1.66. The number of methoxy groups -OCH3 is 2. The highest BCUT2D eigenvalue weighted by molar-refractivity contribution is 6.30. The average molecular weight is 394 g/mol. The Morgan fingerprint density at radius 1 is 1.07 bits per heavy atom. The van der Waals surface area contributed by atoms with Gasteiger partial charge in [-0.1, -0.05) is 12.1 Å². The smallest absolute Gasteiger partial charge is 0.314 e. The van der Waals surface area contributed by atoms with Crippen LogP contribution in [0.5, 0.6) is 11.5 Å². The monoisotopic (exact) mass is 394 g/mol. The summed E-state index contributed by atoms with van der Waals surface area (Å²) in [5.74, 6) is -1.46. The summed E-state index contributed by atoms with van der Waals surface area (Å²) in [5, 5.41) is 10.9. The summed E-state index contributed by atoms with van der Waals surface area (Å²) in [6.07, 6.45) is -0.858. The average Bonchev–Trinajstić information content (AvgIpc) is 3.00. The highest BCUT2D eigenvalue weighted by Gasteiger charge is 2.56. The number of ether oxygens (including phenoxy) is 3. The Hall–Kier alpha value is -3.19. The topological polar surface area (TPSA) is 99.1 Å². The molecule has 0 spiro atoms. The Morgan fingerprint density at radius 3 is 2.48 bits per heavy atom. The SMILES string of the molecule is COc1cccc2c1C(=O)c1cc3c(c(OC)c1C2=O)[C@@H]1C[C@@](C)(OC1=O)[C@@H]3O. The third-order valence-electron chi connectivity index (χ3n) is 6.19. The highest BCUT2D eigenvalue weighted by atomic mass is 16.6. The molecule has 7 heteroatoms. The first-order chi connectivity index (χ1) is 13.8. The Kier molecular flexibility index (Phi) is 3.49. The predicted molar refractivity (Wildman–Crippen MR) is 99.7 cm³/mol. The minimum absolute atomic E-state index is 0.104. The van der Waals surface area contributed by atoms with Gasteiger partial charge in [-0.25, -0.2) is 0 Å². The third-order valence-corrected chi connectivity index (χ3v) is 6.19. The molecule has 0 saturated carbocycles. The number of fused-ring (bicyclic) bond motifs is 6. The standard InChI is InChI=1S/C22H18O7/c1-22-8-12(21(26)29-22)14-11(20(22)25)7-10-16(19(14)28-3)17(23)9-5-4-6-13(27-2)15(9)18(10)24/h4-7,12,20,25H,8H2,1-3H3/t12-,20+,22+/m0/s1. The second kappa shape index (κ2) is 5.67. The van der Waals surface area contributed by atoms with Gasteiger partial charge in [0, 0.05) is 23.1 Å². The molecule has 2 aromatic rings. The number of rotatable bonds is 2. The second-order valence-corrected chi connectivity index (χ2v) is 7.77. The fraction of sp³-hybridized carbons (Fsp3) is 0.318. The van der Waals surface area contributed by atoms with Gasteiger partial charge >= 0.3 is 5.97 Å². The van der Waals surface area contributed by atoms with E-state index in [0.717, 1.165) is 0 Å². The normalized spacial score (nSPS) is 26.4. The minimum atomic E-state index is -1.14. The molecule has 1 aliphatic heterocycles. The van der Waals surface area contributed by atoms with Crippen LogP contribution in [-0.2, 0) is 9.53 Å². The van der Waals surface area contributed by atoms with E-state index in [2.05, 4.69) is 0 Å². The number of aliphatic hydroxyl groups excluding tert-OH is 1. The predicted octanol–water partition coefficient (Wildman–Crippen LogP) is 2.32. The molecule has 148 valence electrons. The van der Waals surface area contributed by atoms with Crippen LogP contribution in [0, 0.1) is 0 Å². The van der Waals surface area contributed by atoms with E-state index in [4.69, 9.17) is 14.2 Å². The highest BCUT2D eigenvalue weighted by Crippen LogP contribution is 2.56. The maximum Gasteiger partial charge on any atom is 0.314 e. The summed E-state index contributed by atoms with van der Waals surface area (Å²) in [7, 11) is 2.82. The first kappa shape index (κ1) is 17.9. The van der Waals surface area contributed by atoms with Crippen molar-refractivity contribution in [3.63, 3.8) is 0 Å². The zero-order chi connectivity index (χ0) is 20.7. The van der Waals surface area contributed by atoms with E-state index in [1.54, 1.807) is 25.1 Å². The fourth-order valence-electron chi connectivity index (χ4n) is 4.84. The van der Waals surface area contributed by atoms with Crippen LogP contribution in [0.1, 0.15) is 68.3 Å². The summed E-state index contributed by atoms with van der Waals surface area (Å²) in [4.78, 5) is 39.2. The Bertz CT molecular complexity index is 1130. The van der Waals surface area contributed by atoms with Gasteiger partial charge in [0.25, 0.3) is 0 Å². The molecule has 0 aromatic heterocycles. The van der Waals surface area contributed by atoms with Crippen molar-refractivity contribution in [1.29, 1.82) is 0 Å². The van der Waals surface area contributed by atoms with Crippen molar-refractivity contribution in [2.75, 3.05) is 14.2 Å². The zero-order valence-electron chi connectivity index (χ0n) is 16.1. The van der Waals surface area contributed by atoms with Crippen LogP contribution < -0.4 is 9.47 Å². The van der Waals surface area contributed by atoms with Crippen molar-refractivity contribution < 1.29 is 33.7 Å². The van der Waals surface area contributed by atoms with Crippen molar-refractivity contribution in [2.24, 2.45) is 0 Å². The van der Waals surface area contributed by atoms with Crippen molar-refractivity contribution in [3.8, 4) is 11.5 Å². The first-order valence-corrected chi connectivity index (χ1v) is 9.24. The first-order valence-electron chi connectivity index (χ1n) is 9.24. The van der Waals surface area contributed by atoms with Gasteiger partial charge in [-0.3, -0.25) is 14.4 Å². The number of carbonyl (C=O) groups is 3. The number of carbonyl (C=O) groups excluding carboxylic acids is 3. The molecule has 7 nitrogen and oxygen atoms in total. The van der Waals surface area contributed by atoms with Gasteiger partial charge in [0.05, 0.1) is 31.3 Å². The van der Waals surface area contributed by atoms with Crippen LogP contribution in [0.15, 0.2) is 24.3 Å². The van der Waals surface area contributed by atoms with E-state index in [-0.39, 0.29) is 40.2 Å². The molecule has 3 atom stereocenters. The molecule has 1 N–H and O–H groups in total. The maximum atomic E-state index is 13.4. The largest absolute Gasteiger partial charge is 0.496 e. The Morgan fingerprint density at radius 2 is 1.79 bits per heavy atom. The van der Waals surface area contributed by atoms with Crippen molar-refractivity contribution in [3.05, 3.63) is 57.6 Å². The van der Waals surface area contributed by atoms with Crippen molar-refractivity contribution >= 4 is 17.5 Å². The lowest BCUT2D eigenvalue weighted by Gasteiger charge is -2.35. The lowest BCUT2D eigenvalue weighted by molar-refractivity contribution is -0.156. The molecular weight excluding hydrogens is 376 g/mol. The van der Waals surface area contributed by atoms with Gasteiger partial charge in [0.15, 0.2) is 11.6 Å². The van der Waals surface area contributed by atoms with Crippen LogP contribution in [-0.4, -0.2) is 42.5 Å². The second-order valence-electron chi connectivity index (χ2n) is 7.77. The van der Waals surface area contributed by atoms with Crippen LogP contribution in [0.25, 0.3) is 0 Å². The fourth-order valence-corrected chi connectivity index (χ4v) is 4.84. The number of hydrogen-bond acceptors (Lipinski definition) is 7. The molecule has 0 unspecified atom stereocenters. The van der Waals surface area contributed by atoms with Crippen LogP contribution in [0.3, 0.4) is 0 Å². The Balaban J connectivity index is 1.84. The van der Waals surface area contributed by atoms with Gasteiger partial charge < -0.3 is 19.3 Å². The van der Waals surface area contributed by atoms with Gasteiger partial charge in [-0.15, -0.1) is 0 Å². The molecular formula is C22H18O7. The molecule has 1 saturated heterocycles. The van der Waals surface area contributed by atoms with Gasteiger partial charge in [0.2, 0.25) is 0 Å². The van der Waals surface area contributed by atoms with Gasteiger partial charge in [-0.05, 0) is 24.6 Å². The molecule has 5 rings (SSSR count). The molecule has 2 aromatic carbocycles. The van der Waals surface area contributed by atoms with E-state index in [1.807, 2.05) is 0 Å². The van der Waals surface area contributed by atoms with Gasteiger partial charge in [0.1, 0.15) is 23.2 Å². The van der Waals surface area contributed by atoms with Crippen LogP contribution >= 0.6 is 0 Å². The molecule has 1 heterocycles. The number of esters is 1. The van der Waals surface area contributed by atoms with E-state index in [0.29, 0.717) is 16.9 Å². The van der Waals surface area contributed by atoms with E-state index < -0.39 is 29.4 Å². The number of hydrogen-bond donors (Lipinski definition) is 1. The molecule has 0 amide bonds. The molecule has 2 aliphatic carbocycles. The molecule has 3 aliphatic rings. The Labute approximate surface area is 166 Å². The lowest BCUT2D eigenvalue weighted by Crippen LogP contribution is -2.36. The zero-order valence-corrected chi connectivity index (χ0v) is 16.1. The molecule has 1 fully saturated rings. The summed E-state index contributed by atoms with van der Waals surface area (Å²) < 4.78 is 16.3. The molecule has 0 radical (unpaired) electrons. The van der Waals surface area contributed by atoms with E-state index in [1.165, 1.54) is 20.3 Å². The number of ketones is 2. The summed E-state index contributed by atoms with van der Waals surface area (Å²) >= 11 is 0. The van der Waals surface area contributed by atoms with E-state index in [9.17, 15) is 19.5 Å². The molecule has 2 bridgehead atoms. The minimum Gasteiger partial charge on any atom is -0.496 e. The van der Waals surface area contributed by atoms with Crippen LogP contribution in [0.4, 0.5) is 0 Å². The summed E-state index contributed by atoms with van der Waals surface area (Å²) in [5.41, 5.74) is 0.352. The molecule has 29 heavy (non-hydrogen) atoms. The quantitative estimate of drug-likeness (QED) is 0.666. The lowest BCUT2D eigenvalue weighted by atomic mass is 9.71. The summed E-state index contributed by atoms with van der Waals surface area (Å²) in [6, 6.07) is 6.32. The number of aliphatic hydroxyl groups is 1. The van der Waals surface area contributed by atoms with Crippen LogP contribution in [0.2, 0.25) is 0 Å². The van der Waals surface area contributed by atoms with Gasteiger partial charge in [-0.2, -0.15) is 0 Å². The third kappa shape index (κ3) is 2.08. The van der Waals surface area contributed by atoms with E-state index >= 15 is 0 Å². The maximum absolute atomic E-state index is 13.4. The van der Waals surface area contributed by atoms with Crippen molar-refractivity contribution in [1.82, 2.24) is 0 Å². The van der Waals surface area contributed by atoms with Crippen molar-refractivity contribution in [2.45, 2.75) is 31.0 Å². The number of benzene rings is 2.